The molecule has 0 aliphatic rings. The average molecular weight is 259 g/mol. The summed E-state index contributed by atoms with van der Waals surface area (Å²) in [5, 5.41) is 0.656. The molecule has 0 atom stereocenters. The SMILES string of the molecule is CC.CCOC(=O)Oc1cc(C)c(Cl)cc1C. The molecule has 0 N–H and O–H groups in total. The Morgan fingerprint density at radius 2 is 1.82 bits per heavy atom. The molecule has 0 saturated heterocycles. The molecular weight excluding hydrogens is 240 g/mol. The Balaban J connectivity index is 0.00000121. The summed E-state index contributed by atoms with van der Waals surface area (Å²) in [6, 6.07) is 3.47. The molecule has 17 heavy (non-hydrogen) atoms. The zero-order chi connectivity index (χ0) is 13.4. The van der Waals surface area contributed by atoms with Crippen molar-refractivity contribution in [1.29, 1.82) is 0 Å². The lowest BCUT2D eigenvalue weighted by atomic mass is 10.1. The fourth-order valence-corrected chi connectivity index (χ4v) is 1.32. The Morgan fingerprint density at radius 3 is 2.35 bits per heavy atom. The number of hydrogen-bond acceptors (Lipinski definition) is 3. The van der Waals surface area contributed by atoms with Gasteiger partial charge in [-0.1, -0.05) is 25.4 Å². The summed E-state index contributed by atoms with van der Waals surface area (Å²) in [4.78, 5) is 11.1. The molecule has 1 aromatic carbocycles. The van der Waals surface area contributed by atoms with E-state index in [9.17, 15) is 4.79 Å². The molecule has 96 valence electrons. The number of carbonyl (C=O) groups is 1. The average Bonchev–Trinajstić information content (AvgIpc) is 2.29. The van der Waals surface area contributed by atoms with Gasteiger partial charge < -0.3 is 9.47 Å². The van der Waals surface area contributed by atoms with Crippen LogP contribution in [0, 0.1) is 13.8 Å². The van der Waals surface area contributed by atoms with Crippen LogP contribution < -0.4 is 4.74 Å². The van der Waals surface area contributed by atoms with Crippen LogP contribution in [0.5, 0.6) is 5.75 Å². The molecule has 0 fully saturated rings. The second-order valence-corrected chi connectivity index (χ2v) is 3.56. The molecular formula is C13H19ClO3. The fraction of sp³-hybridized carbons (Fsp3) is 0.462. The Hall–Kier alpha value is -1.22. The first-order valence-corrected chi connectivity index (χ1v) is 6.03. The highest BCUT2D eigenvalue weighted by Crippen LogP contribution is 2.26. The molecule has 0 aromatic heterocycles. The summed E-state index contributed by atoms with van der Waals surface area (Å²) < 4.78 is 9.68. The van der Waals surface area contributed by atoms with Crippen molar-refractivity contribution in [2.45, 2.75) is 34.6 Å². The van der Waals surface area contributed by atoms with Crippen molar-refractivity contribution in [3.8, 4) is 5.75 Å². The van der Waals surface area contributed by atoms with Gasteiger partial charge >= 0.3 is 6.16 Å². The second kappa shape index (κ2) is 7.96. The van der Waals surface area contributed by atoms with E-state index in [2.05, 4.69) is 4.74 Å². The highest BCUT2D eigenvalue weighted by atomic mass is 35.5. The summed E-state index contributed by atoms with van der Waals surface area (Å²) in [6.07, 6.45) is -0.692. The van der Waals surface area contributed by atoms with Crippen molar-refractivity contribution in [3.63, 3.8) is 0 Å². The summed E-state index contributed by atoms with van der Waals surface area (Å²) in [5.74, 6) is 0.482. The first-order valence-electron chi connectivity index (χ1n) is 5.66. The van der Waals surface area contributed by atoms with E-state index in [0.29, 0.717) is 17.4 Å². The number of rotatable bonds is 2. The number of carbonyl (C=O) groups excluding carboxylic acids is 1. The van der Waals surface area contributed by atoms with Crippen molar-refractivity contribution >= 4 is 17.8 Å². The zero-order valence-corrected chi connectivity index (χ0v) is 11.7. The largest absolute Gasteiger partial charge is 0.513 e. The van der Waals surface area contributed by atoms with Crippen LogP contribution in [0.3, 0.4) is 0 Å². The highest BCUT2D eigenvalue weighted by molar-refractivity contribution is 6.31. The van der Waals surface area contributed by atoms with E-state index in [0.717, 1.165) is 11.1 Å². The van der Waals surface area contributed by atoms with Crippen LogP contribution in [0.1, 0.15) is 31.9 Å². The van der Waals surface area contributed by atoms with E-state index in [-0.39, 0.29) is 0 Å². The maximum atomic E-state index is 11.1. The molecule has 0 saturated carbocycles. The van der Waals surface area contributed by atoms with E-state index < -0.39 is 6.16 Å². The summed E-state index contributed by atoms with van der Waals surface area (Å²) in [5.41, 5.74) is 1.67. The molecule has 0 radical (unpaired) electrons. The second-order valence-electron chi connectivity index (χ2n) is 3.15. The van der Waals surface area contributed by atoms with Gasteiger partial charge in [0.1, 0.15) is 5.75 Å². The van der Waals surface area contributed by atoms with Crippen molar-refractivity contribution in [2.75, 3.05) is 6.61 Å². The van der Waals surface area contributed by atoms with Crippen LogP contribution in [0.15, 0.2) is 12.1 Å². The molecule has 0 aliphatic carbocycles. The third kappa shape index (κ3) is 5.09. The lowest BCUT2D eigenvalue weighted by Crippen LogP contribution is -2.10. The summed E-state index contributed by atoms with van der Waals surface area (Å²) in [6.45, 7) is 9.69. The van der Waals surface area contributed by atoms with Crippen molar-refractivity contribution in [3.05, 3.63) is 28.3 Å². The highest BCUT2D eigenvalue weighted by Gasteiger charge is 2.09. The predicted molar refractivity (Wildman–Crippen MR) is 69.9 cm³/mol. The van der Waals surface area contributed by atoms with Crippen molar-refractivity contribution in [1.82, 2.24) is 0 Å². The van der Waals surface area contributed by atoms with E-state index in [1.54, 1.807) is 19.1 Å². The minimum absolute atomic E-state index is 0.296. The number of aryl methyl sites for hydroxylation is 2. The van der Waals surface area contributed by atoms with Gasteiger partial charge in [-0.15, -0.1) is 0 Å². The van der Waals surface area contributed by atoms with Crippen LogP contribution in [-0.2, 0) is 4.74 Å². The first kappa shape index (κ1) is 15.8. The van der Waals surface area contributed by atoms with Crippen LogP contribution in [0.4, 0.5) is 4.79 Å². The standard InChI is InChI=1S/C11H13ClO3.C2H6/c1-4-14-11(13)15-10-6-7(2)9(12)5-8(10)3;1-2/h5-6H,4H2,1-3H3;1-2H3. The van der Waals surface area contributed by atoms with Gasteiger partial charge in [0.25, 0.3) is 0 Å². The maximum absolute atomic E-state index is 11.1. The Kier molecular flexibility index (Phi) is 7.39. The van der Waals surface area contributed by atoms with Gasteiger partial charge in [-0.25, -0.2) is 4.79 Å². The minimum atomic E-state index is -0.692. The van der Waals surface area contributed by atoms with Crippen LogP contribution in [0.25, 0.3) is 0 Å². The Morgan fingerprint density at radius 1 is 1.24 bits per heavy atom. The maximum Gasteiger partial charge on any atom is 0.513 e. The lowest BCUT2D eigenvalue weighted by molar-refractivity contribution is 0.104. The lowest BCUT2D eigenvalue weighted by Gasteiger charge is -2.08. The summed E-state index contributed by atoms with van der Waals surface area (Å²) in [7, 11) is 0. The Labute approximate surface area is 108 Å². The molecule has 0 heterocycles. The molecule has 0 bridgehead atoms. The Bertz CT molecular complexity index is 375. The van der Waals surface area contributed by atoms with Gasteiger partial charge in [0.2, 0.25) is 0 Å². The molecule has 0 unspecified atom stereocenters. The number of halogens is 1. The van der Waals surface area contributed by atoms with Gasteiger partial charge in [-0.3, -0.25) is 0 Å². The van der Waals surface area contributed by atoms with Gasteiger partial charge in [-0.2, -0.15) is 0 Å². The fourth-order valence-electron chi connectivity index (χ4n) is 1.10. The van der Waals surface area contributed by atoms with Gasteiger partial charge in [-0.05, 0) is 44.0 Å². The van der Waals surface area contributed by atoms with Gasteiger partial charge in [0.05, 0.1) is 6.61 Å². The first-order chi connectivity index (χ1) is 8.04. The van der Waals surface area contributed by atoms with E-state index in [1.807, 2.05) is 27.7 Å². The zero-order valence-electron chi connectivity index (χ0n) is 11.0. The molecule has 1 rings (SSSR count). The molecule has 0 amide bonds. The third-order valence-electron chi connectivity index (χ3n) is 1.91. The normalized spacial score (nSPS) is 9.06. The predicted octanol–water partition coefficient (Wildman–Crippen LogP) is 4.52. The third-order valence-corrected chi connectivity index (χ3v) is 2.32. The molecule has 4 heteroatoms. The number of benzene rings is 1. The quantitative estimate of drug-likeness (QED) is 0.578. The topological polar surface area (TPSA) is 35.5 Å². The monoisotopic (exact) mass is 258 g/mol. The van der Waals surface area contributed by atoms with Crippen LogP contribution >= 0.6 is 11.6 Å². The molecule has 0 aliphatic heterocycles. The molecule has 0 spiro atoms. The number of hydrogen-bond donors (Lipinski definition) is 0. The van der Waals surface area contributed by atoms with Gasteiger partial charge in [0.15, 0.2) is 0 Å². The van der Waals surface area contributed by atoms with E-state index in [4.69, 9.17) is 16.3 Å². The minimum Gasteiger partial charge on any atom is -0.434 e. The summed E-state index contributed by atoms with van der Waals surface area (Å²) >= 11 is 5.91. The van der Waals surface area contributed by atoms with Crippen molar-refractivity contribution < 1.29 is 14.3 Å². The van der Waals surface area contributed by atoms with Crippen LogP contribution in [0.2, 0.25) is 5.02 Å². The molecule has 3 nitrogen and oxygen atoms in total. The van der Waals surface area contributed by atoms with E-state index >= 15 is 0 Å². The van der Waals surface area contributed by atoms with Gasteiger partial charge in [0, 0.05) is 5.02 Å². The van der Waals surface area contributed by atoms with Crippen LogP contribution in [-0.4, -0.2) is 12.8 Å². The van der Waals surface area contributed by atoms with Crippen molar-refractivity contribution in [2.24, 2.45) is 0 Å². The molecule has 1 aromatic rings. The number of ether oxygens (including phenoxy) is 2. The smallest absolute Gasteiger partial charge is 0.434 e. The van der Waals surface area contributed by atoms with E-state index in [1.165, 1.54) is 0 Å².